The fraction of sp³-hybridized carbons (Fsp3) is 0.154. The summed E-state index contributed by atoms with van der Waals surface area (Å²) in [5.74, 6) is -0.109. The summed E-state index contributed by atoms with van der Waals surface area (Å²) >= 11 is 0. The van der Waals surface area contributed by atoms with Crippen molar-refractivity contribution in [3.8, 4) is 0 Å². The minimum Gasteiger partial charge on any atom is -0.478 e. The summed E-state index contributed by atoms with van der Waals surface area (Å²) in [6.45, 7) is 0.735. The van der Waals surface area contributed by atoms with Gasteiger partial charge in [-0.25, -0.2) is 9.78 Å². The molecular formula is C13H12N4O2. The summed E-state index contributed by atoms with van der Waals surface area (Å²) in [5.41, 5.74) is 1.78. The summed E-state index contributed by atoms with van der Waals surface area (Å²) in [4.78, 5) is 18.4. The zero-order valence-electron chi connectivity index (χ0n) is 10.1. The lowest BCUT2D eigenvalue weighted by Crippen LogP contribution is -2.02. The Hall–Kier alpha value is -2.63. The Morgan fingerprint density at radius 1 is 1.42 bits per heavy atom. The van der Waals surface area contributed by atoms with Crippen molar-refractivity contribution >= 4 is 17.0 Å². The largest absolute Gasteiger partial charge is 0.478 e. The molecule has 0 atom stereocenters. The zero-order valence-corrected chi connectivity index (χ0v) is 10.1. The van der Waals surface area contributed by atoms with Crippen LogP contribution in [0.25, 0.3) is 11.0 Å². The molecule has 0 saturated heterocycles. The average Bonchev–Trinajstić information content (AvgIpc) is 3.04. The molecule has 0 fully saturated rings. The monoisotopic (exact) mass is 256 g/mol. The second kappa shape index (κ2) is 4.56. The standard InChI is InChI=1S/C13H12N4O2/c18-13(19)9-2-3-10-11(8-9)16-12(15-10)4-7-17-6-1-5-14-17/h1-3,5-6,8H,4,7H2,(H,15,16)(H,18,19). The van der Waals surface area contributed by atoms with Gasteiger partial charge in [0.05, 0.1) is 16.6 Å². The Morgan fingerprint density at radius 2 is 2.32 bits per heavy atom. The average molecular weight is 256 g/mol. The number of nitrogens with zero attached hydrogens (tertiary/aromatic N) is 3. The number of hydrogen-bond donors (Lipinski definition) is 2. The van der Waals surface area contributed by atoms with Crippen LogP contribution in [0.1, 0.15) is 16.2 Å². The quantitative estimate of drug-likeness (QED) is 0.744. The molecule has 2 heterocycles. The van der Waals surface area contributed by atoms with Gasteiger partial charge < -0.3 is 10.1 Å². The maximum Gasteiger partial charge on any atom is 0.335 e. The molecule has 0 radical (unpaired) electrons. The number of H-pyrrole nitrogens is 1. The summed E-state index contributed by atoms with van der Waals surface area (Å²) in [7, 11) is 0. The van der Waals surface area contributed by atoms with Crippen molar-refractivity contribution in [2.75, 3.05) is 0 Å². The van der Waals surface area contributed by atoms with E-state index in [1.807, 2.05) is 16.9 Å². The second-order valence-corrected chi connectivity index (χ2v) is 4.24. The number of aryl methyl sites for hydroxylation is 2. The maximum atomic E-state index is 10.9. The van der Waals surface area contributed by atoms with Gasteiger partial charge in [-0.2, -0.15) is 5.10 Å². The normalized spacial score (nSPS) is 10.9. The van der Waals surface area contributed by atoms with Gasteiger partial charge in [-0.05, 0) is 24.3 Å². The molecule has 2 N–H and O–H groups in total. The van der Waals surface area contributed by atoms with E-state index in [9.17, 15) is 4.79 Å². The molecule has 0 saturated carbocycles. The number of benzene rings is 1. The number of carbonyl (C=O) groups is 1. The molecule has 0 spiro atoms. The molecule has 3 rings (SSSR count). The highest BCUT2D eigenvalue weighted by atomic mass is 16.4. The molecule has 0 amide bonds. The first-order chi connectivity index (χ1) is 9.22. The first-order valence-corrected chi connectivity index (χ1v) is 5.92. The number of nitrogens with one attached hydrogen (secondary N) is 1. The highest BCUT2D eigenvalue weighted by Crippen LogP contribution is 2.14. The maximum absolute atomic E-state index is 10.9. The van der Waals surface area contributed by atoms with E-state index in [4.69, 9.17) is 5.11 Å². The number of aromatic carboxylic acids is 1. The van der Waals surface area contributed by atoms with Crippen LogP contribution in [0.3, 0.4) is 0 Å². The molecule has 3 aromatic rings. The highest BCUT2D eigenvalue weighted by Gasteiger charge is 2.07. The molecule has 0 aliphatic heterocycles. The summed E-state index contributed by atoms with van der Waals surface area (Å²) in [5, 5.41) is 13.1. The number of aromatic amines is 1. The van der Waals surface area contributed by atoms with Gasteiger partial charge in [0.15, 0.2) is 0 Å². The van der Waals surface area contributed by atoms with Crippen molar-refractivity contribution in [2.24, 2.45) is 0 Å². The third-order valence-corrected chi connectivity index (χ3v) is 2.91. The van der Waals surface area contributed by atoms with Crippen molar-refractivity contribution in [1.29, 1.82) is 0 Å². The van der Waals surface area contributed by atoms with Crippen molar-refractivity contribution in [2.45, 2.75) is 13.0 Å². The molecule has 6 heteroatoms. The molecule has 0 aliphatic carbocycles. The lowest BCUT2D eigenvalue weighted by atomic mass is 10.2. The fourth-order valence-electron chi connectivity index (χ4n) is 1.97. The predicted octanol–water partition coefficient (Wildman–Crippen LogP) is 1.70. The van der Waals surface area contributed by atoms with Crippen molar-refractivity contribution in [3.05, 3.63) is 48.0 Å². The second-order valence-electron chi connectivity index (χ2n) is 4.24. The van der Waals surface area contributed by atoms with Crippen LogP contribution in [0.4, 0.5) is 0 Å². The Morgan fingerprint density at radius 3 is 3.05 bits per heavy atom. The van der Waals surface area contributed by atoms with Crippen LogP contribution in [0.5, 0.6) is 0 Å². The third kappa shape index (κ3) is 2.33. The number of carboxylic acids is 1. The van der Waals surface area contributed by atoms with Gasteiger partial charge in [0.2, 0.25) is 0 Å². The van der Waals surface area contributed by atoms with Gasteiger partial charge in [0, 0.05) is 25.4 Å². The molecular weight excluding hydrogens is 244 g/mol. The Bertz CT molecular complexity index is 715. The summed E-state index contributed by atoms with van der Waals surface area (Å²) in [6, 6.07) is 6.75. The van der Waals surface area contributed by atoms with Crippen LogP contribution < -0.4 is 0 Å². The van der Waals surface area contributed by atoms with Crippen molar-refractivity contribution < 1.29 is 9.90 Å². The van der Waals surface area contributed by atoms with Crippen LogP contribution in [0, 0.1) is 0 Å². The molecule has 19 heavy (non-hydrogen) atoms. The minimum absolute atomic E-state index is 0.259. The number of imidazole rings is 1. The Labute approximate surface area is 108 Å². The smallest absolute Gasteiger partial charge is 0.335 e. The predicted molar refractivity (Wildman–Crippen MR) is 69.0 cm³/mol. The van der Waals surface area contributed by atoms with Gasteiger partial charge in [-0.1, -0.05) is 0 Å². The molecule has 2 aromatic heterocycles. The first-order valence-electron chi connectivity index (χ1n) is 5.92. The first kappa shape index (κ1) is 11.5. The van der Waals surface area contributed by atoms with E-state index in [2.05, 4.69) is 15.1 Å². The molecule has 0 aliphatic rings. The van der Waals surface area contributed by atoms with Gasteiger partial charge in [0.25, 0.3) is 0 Å². The topological polar surface area (TPSA) is 83.8 Å². The molecule has 6 nitrogen and oxygen atoms in total. The van der Waals surface area contributed by atoms with E-state index in [1.54, 1.807) is 24.4 Å². The van der Waals surface area contributed by atoms with Crippen LogP contribution in [-0.2, 0) is 13.0 Å². The number of rotatable bonds is 4. The van der Waals surface area contributed by atoms with Gasteiger partial charge in [-0.3, -0.25) is 4.68 Å². The summed E-state index contributed by atoms with van der Waals surface area (Å²) < 4.78 is 1.83. The third-order valence-electron chi connectivity index (χ3n) is 2.91. The van der Waals surface area contributed by atoms with Crippen LogP contribution >= 0.6 is 0 Å². The zero-order chi connectivity index (χ0) is 13.2. The van der Waals surface area contributed by atoms with E-state index in [1.165, 1.54) is 0 Å². The number of aromatic nitrogens is 4. The number of hydrogen-bond acceptors (Lipinski definition) is 3. The molecule has 0 bridgehead atoms. The number of carboxylic acid groups (broad SMARTS) is 1. The van der Waals surface area contributed by atoms with Crippen LogP contribution in [-0.4, -0.2) is 30.8 Å². The van der Waals surface area contributed by atoms with E-state index < -0.39 is 5.97 Å². The van der Waals surface area contributed by atoms with Crippen molar-refractivity contribution in [3.63, 3.8) is 0 Å². The van der Waals surface area contributed by atoms with Crippen LogP contribution in [0.2, 0.25) is 0 Å². The SMILES string of the molecule is O=C(O)c1ccc2nc(CCn3cccn3)[nH]c2c1. The molecule has 1 aromatic carbocycles. The van der Waals surface area contributed by atoms with Gasteiger partial charge >= 0.3 is 5.97 Å². The van der Waals surface area contributed by atoms with E-state index in [0.717, 1.165) is 29.8 Å². The molecule has 96 valence electrons. The lowest BCUT2D eigenvalue weighted by molar-refractivity contribution is 0.0697. The summed E-state index contributed by atoms with van der Waals surface area (Å²) in [6.07, 6.45) is 4.35. The lowest BCUT2D eigenvalue weighted by Gasteiger charge is -1.97. The van der Waals surface area contributed by atoms with E-state index in [0.29, 0.717) is 0 Å². The van der Waals surface area contributed by atoms with E-state index in [-0.39, 0.29) is 5.56 Å². The Balaban J connectivity index is 1.83. The minimum atomic E-state index is -0.936. The number of fused-ring (bicyclic) bond motifs is 1. The van der Waals surface area contributed by atoms with Gasteiger partial charge in [-0.15, -0.1) is 0 Å². The van der Waals surface area contributed by atoms with Gasteiger partial charge in [0.1, 0.15) is 5.82 Å². The van der Waals surface area contributed by atoms with Crippen molar-refractivity contribution in [1.82, 2.24) is 19.7 Å². The van der Waals surface area contributed by atoms with Crippen LogP contribution in [0.15, 0.2) is 36.7 Å². The fourth-order valence-corrected chi connectivity index (χ4v) is 1.97. The molecule has 0 unspecified atom stereocenters. The van der Waals surface area contributed by atoms with E-state index >= 15 is 0 Å². The Kier molecular flexibility index (Phi) is 2.75. The highest BCUT2D eigenvalue weighted by molar-refractivity contribution is 5.92.